The van der Waals surface area contributed by atoms with E-state index in [0.29, 0.717) is 16.8 Å². The van der Waals surface area contributed by atoms with Crippen LogP contribution in [-0.4, -0.2) is 10.9 Å². The zero-order valence-corrected chi connectivity index (χ0v) is 9.71. The number of nitrogen functional groups attached to an aromatic ring is 1. The van der Waals surface area contributed by atoms with Gasteiger partial charge < -0.3 is 10.8 Å². The van der Waals surface area contributed by atoms with Gasteiger partial charge in [0.15, 0.2) is 5.78 Å². The minimum atomic E-state index is -0.148. The lowest BCUT2D eigenvalue weighted by molar-refractivity contribution is 0.104. The van der Waals surface area contributed by atoms with Crippen molar-refractivity contribution in [2.75, 3.05) is 5.73 Å². The maximum atomic E-state index is 11.9. The smallest absolute Gasteiger partial charge is 0.185 e. The van der Waals surface area contributed by atoms with Gasteiger partial charge in [0.05, 0.1) is 0 Å². The van der Waals surface area contributed by atoms with Gasteiger partial charge in [-0.2, -0.15) is 0 Å². The van der Waals surface area contributed by atoms with Crippen LogP contribution in [-0.2, 0) is 0 Å². The van der Waals surface area contributed by atoms with Crippen LogP contribution in [0.3, 0.4) is 0 Å². The van der Waals surface area contributed by atoms with E-state index in [-0.39, 0.29) is 11.5 Å². The van der Waals surface area contributed by atoms with Crippen molar-refractivity contribution in [1.82, 2.24) is 0 Å². The molecule has 0 aromatic heterocycles. The van der Waals surface area contributed by atoms with Crippen molar-refractivity contribution in [3.05, 3.63) is 65.7 Å². The second kappa shape index (κ2) is 5.19. The Balaban J connectivity index is 2.20. The molecule has 0 atom stereocenters. The van der Waals surface area contributed by atoms with Gasteiger partial charge in [0, 0.05) is 16.8 Å². The first-order valence-electron chi connectivity index (χ1n) is 5.53. The largest absolute Gasteiger partial charge is 0.507 e. The van der Waals surface area contributed by atoms with Crippen LogP contribution in [0, 0.1) is 0 Å². The topological polar surface area (TPSA) is 63.3 Å². The molecule has 90 valence electrons. The number of allylic oxidation sites excluding steroid dienone is 1. The molecule has 0 bridgehead atoms. The number of anilines is 1. The van der Waals surface area contributed by atoms with Crippen molar-refractivity contribution in [3.8, 4) is 5.75 Å². The average Bonchev–Trinajstić information content (AvgIpc) is 2.37. The van der Waals surface area contributed by atoms with Crippen LogP contribution in [0.15, 0.2) is 54.6 Å². The Labute approximate surface area is 105 Å². The molecule has 0 spiro atoms. The number of carbonyl (C=O) groups excluding carboxylic acids is 1. The van der Waals surface area contributed by atoms with Crippen molar-refractivity contribution >= 4 is 17.5 Å². The van der Waals surface area contributed by atoms with Gasteiger partial charge in [-0.05, 0) is 30.4 Å². The number of phenols is 1. The number of ketones is 1. The van der Waals surface area contributed by atoms with Gasteiger partial charge in [-0.1, -0.05) is 30.3 Å². The van der Waals surface area contributed by atoms with E-state index in [0.717, 1.165) is 0 Å². The number of benzene rings is 2. The number of aromatic hydroxyl groups is 1. The molecule has 0 aliphatic carbocycles. The molecule has 2 rings (SSSR count). The molecule has 0 saturated heterocycles. The molecule has 2 aromatic carbocycles. The molecule has 3 N–H and O–H groups in total. The Morgan fingerprint density at radius 3 is 2.61 bits per heavy atom. The quantitative estimate of drug-likeness (QED) is 0.492. The summed E-state index contributed by atoms with van der Waals surface area (Å²) in [5.41, 5.74) is 7.30. The van der Waals surface area contributed by atoms with Gasteiger partial charge in [-0.25, -0.2) is 0 Å². The highest BCUT2D eigenvalue weighted by molar-refractivity contribution is 6.07. The first kappa shape index (κ1) is 11.9. The summed E-state index contributed by atoms with van der Waals surface area (Å²) in [6.07, 6.45) is 3.00. The Hall–Kier alpha value is -2.55. The van der Waals surface area contributed by atoms with E-state index < -0.39 is 0 Å². The highest BCUT2D eigenvalue weighted by atomic mass is 16.3. The number of phenolic OH excluding ortho intramolecular Hbond substituents is 1. The van der Waals surface area contributed by atoms with Gasteiger partial charge in [-0.15, -0.1) is 0 Å². The van der Waals surface area contributed by atoms with Crippen LogP contribution in [0.4, 0.5) is 5.69 Å². The molecule has 2 aromatic rings. The third-order valence-corrected chi connectivity index (χ3v) is 2.52. The molecule has 0 heterocycles. The summed E-state index contributed by atoms with van der Waals surface area (Å²) in [7, 11) is 0. The first-order valence-corrected chi connectivity index (χ1v) is 5.53. The van der Waals surface area contributed by atoms with Crippen molar-refractivity contribution in [3.63, 3.8) is 0 Å². The average molecular weight is 239 g/mol. The SMILES string of the molecule is Nc1cccc(C(=O)/C=C\c2ccccc2O)c1. The summed E-state index contributed by atoms with van der Waals surface area (Å²) >= 11 is 0. The third kappa shape index (κ3) is 2.77. The summed E-state index contributed by atoms with van der Waals surface area (Å²) in [5.74, 6) is -0.000298. The van der Waals surface area contributed by atoms with Gasteiger partial charge in [0.25, 0.3) is 0 Å². The van der Waals surface area contributed by atoms with Gasteiger partial charge in [-0.3, -0.25) is 4.79 Å². The third-order valence-electron chi connectivity index (χ3n) is 2.52. The maximum Gasteiger partial charge on any atom is 0.185 e. The normalized spacial score (nSPS) is 10.7. The van der Waals surface area contributed by atoms with E-state index in [1.165, 1.54) is 6.08 Å². The number of para-hydroxylation sites is 1. The summed E-state index contributed by atoms with van der Waals surface area (Å²) in [5, 5.41) is 9.56. The zero-order chi connectivity index (χ0) is 13.0. The van der Waals surface area contributed by atoms with Crippen LogP contribution in [0.5, 0.6) is 5.75 Å². The lowest BCUT2D eigenvalue weighted by atomic mass is 10.1. The molecule has 3 heteroatoms. The second-order valence-corrected chi connectivity index (χ2v) is 3.88. The van der Waals surface area contributed by atoms with Crippen LogP contribution in [0.25, 0.3) is 6.08 Å². The summed E-state index contributed by atoms with van der Waals surface area (Å²) < 4.78 is 0. The second-order valence-electron chi connectivity index (χ2n) is 3.88. The van der Waals surface area contributed by atoms with Gasteiger partial charge in [0.1, 0.15) is 5.75 Å². The molecule has 0 amide bonds. The molecule has 18 heavy (non-hydrogen) atoms. The molecule has 0 saturated carbocycles. The lowest BCUT2D eigenvalue weighted by Gasteiger charge is -1.99. The minimum Gasteiger partial charge on any atom is -0.507 e. The van der Waals surface area contributed by atoms with Gasteiger partial charge >= 0.3 is 0 Å². The monoisotopic (exact) mass is 239 g/mol. The van der Waals surface area contributed by atoms with Crippen LogP contribution >= 0.6 is 0 Å². The molecule has 0 radical (unpaired) electrons. The Morgan fingerprint density at radius 2 is 1.89 bits per heavy atom. The molecule has 0 aliphatic rings. The molecule has 0 aliphatic heterocycles. The zero-order valence-electron chi connectivity index (χ0n) is 9.71. The summed E-state index contributed by atoms with van der Waals surface area (Å²) in [6.45, 7) is 0. The van der Waals surface area contributed by atoms with Crippen LogP contribution < -0.4 is 5.73 Å². The predicted molar refractivity (Wildman–Crippen MR) is 72.3 cm³/mol. The Morgan fingerprint density at radius 1 is 1.11 bits per heavy atom. The van der Waals surface area contributed by atoms with E-state index in [1.807, 2.05) is 0 Å². The van der Waals surface area contributed by atoms with Gasteiger partial charge in [0.2, 0.25) is 0 Å². The fraction of sp³-hybridized carbons (Fsp3) is 0. The molecule has 0 unspecified atom stereocenters. The number of carbonyl (C=O) groups is 1. The van der Waals surface area contributed by atoms with E-state index in [4.69, 9.17) is 5.73 Å². The first-order chi connectivity index (χ1) is 8.66. The van der Waals surface area contributed by atoms with E-state index in [1.54, 1.807) is 54.6 Å². The van der Waals surface area contributed by atoms with Crippen LogP contribution in [0.1, 0.15) is 15.9 Å². The van der Waals surface area contributed by atoms with E-state index >= 15 is 0 Å². The number of rotatable bonds is 3. The molecule has 3 nitrogen and oxygen atoms in total. The molecular formula is C15H13NO2. The maximum absolute atomic E-state index is 11.9. The van der Waals surface area contributed by atoms with E-state index in [2.05, 4.69) is 0 Å². The Kier molecular flexibility index (Phi) is 3.44. The van der Waals surface area contributed by atoms with Crippen molar-refractivity contribution in [2.24, 2.45) is 0 Å². The van der Waals surface area contributed by atoms with Crippen molar-refractivity contribution in [2.45, 2.75) is 0 Å². The predicted octanol–water partition coefficient (Wildman–Crippen LogP) is 2.87. The molecular weight excluding hydrogens is 226 g/mol. The summed E-state index contributed by atoms with van der Waals surface area (Å²) in [6, 6.07) is 13.6. The highest BCUT2D eigenvalue weighted by Crippen LogP contribution is 2.17. The summed E-state index contributed by atoms with van der Waals surface area (Å²) in [4.78, 5) is 11.9. The number of nitrogens with two attached hydrogens (primary N) is 1. The standard InChI is InChI=1S/C15H13NO2/c16-13-6-3-5-12(10-13)15(18)9-8-11-4-1-2-7-14(11)17/h1-10,17H,16H2/b9-8-. The fourth-order valence-electron chi connectivity index (χ4n) is 1.58. The van der Waals surface area contributed by atoms with Crippen molar-refractivity contribution in [1.29, 1.82) is 0 Å². The highest BCUT2D eigenvalue weighted by Gasteiger charge is 2.02. The lowest BCUT2D eigenvalue weighted by Crippen LogP contribution is -1.95. The number of hydrogen-bond donors (Lipinski definition) is 2. The Bertz CT molecular complexity index is 603. The molecule has 0 fully saturated rings. The van der Waals surface area contributed by atoms with E-state index in [9.17, 15) is 9.90 Å². The van der Waals surface area contributed by atoms with Crippen LogP contribution in [0.2, 0.25) is 0 Å². The van der Waals surface area contributed by atoms with Crippen molar-refractivity contribution < 1.29 is 9.90 Å². The minimum absolute atomic E-state index is 0.147. The fourth-order valence-corrected chi connectivity index (χ4v) is 1.58. The number of hydrogen-bond acceptors (Lipinski definition) is 3.